The molecule has 0 radical (unpaired) electrons. The van der Waals surface area contributed by atoms with Gasteiger partial charge >= 0.3 is 11.9 Å². The number of ether oxygens (including phenoxy) is 2. The molecule has 1 aromatic carbocycles. The fourth-order valence-corrected chi connectivity index (χ4v) is 1.45. The number of esters is 1. The van der Waals surface area contributed by atoms with E-state index in [0.29, 0.717) is 5.75 Å². The van der Waals surface area contributed by atoms with E-state index in [-0.39, 0.29) is 5.56 Å². The topological polar surface area (TPSA) is 128 Å². The van der Waals surface area contributed by atoms with E-state index in [0.717, 1.165) is 0 Å². The Labute approximate surface area is 127 Å². The molecular formula is C14H18N2O6. The fraction of sp³-hybridized carbons (Fsp3) is 0.357. The number of rotatable bonds is 7. The average molecular weight is 310 g/mol. The van der Waals surface area contributed by atoms with Gasteiger partial charge in [0.15, 0.2) is 6.04 Å². The van der Waals surface area contributed by atoms with Gasteiger partial charge in [0, 0.05) is 0 Å². The molecule has 0 aromatic heterocycles. The number of nitrogens with one attached hydrogen (secondary N) is 1. The van der Waals surface area contributed by atoms with Crippen LogP contribution >= 0.6 is 0 Å². The van der Waals surface area contributed by atoms with Crippen LogP contribution in [0.25, 0.3) is 0 Å². The van der Waals surface area contributed by atoms with Crippen molar-refractivity contribution < 1.29 is 29.0 Å². The Morgan fingerprint density at radius 1 is 1.27 bits per heavy atom. The number of hydrogen-bond donors (Lipinski definition) is 3. The van der Waals surface area contributed by atoms with Gasteiger partial charge in [-0.3, -0.25) is 4.79 Å². The monoisotopic (exact) mass is 310 g/mol. The molecule has 0 heterocycles. The highest BCUT2D eigenvalue weighted by Crippen LogP contribution is 2.12. The second kappa shape index (κ2) is 7.99. The van der Waals surface area contributed by atoms with Crippen molar-refractivity contribution in [2.75, 3.05) is 13.7 Å². The zero-order valence-electron chi connectivity index (χ0n) is 12.2. The van der Waals surface area contributed by atoms with Crippen molar-refractivity contribution in [1.82, 2.24) is 5.32 Å². The number of hydrogen-bond acceptors (Lipinski definition) is 6. The molecule has 0 aliphatic carbocycles. The van der Waals surface area contributed by atoms with Gasteiger partial charge in [-0.2, -0.15) is 0 Å². The van der Waals surface area contributed by atoms with Gasteiger partial charge in [-0.15, -0.1) is 0 Å². The van der Waals surface area contributed by atoms with E-state index >= 15 is 0 Å². The highest BCUT2D eigenvalue weighted by molar-refractivity contribution is 5.90. The van der Waals surface area contributed by atoms with Crippen LogP contribution in [-0.4, -0.2) is 48.8 Å². The Kier molecular flexibility index (Phi) is 6.33. The van der Waals surface area contributed by atoms with Crippen LogP contribution in [0.3, 0.4) is 0 Å². The summed E-state index contributed by atoms with van der Waals surface area (Å²) < 4.78 is 9.85. The molecule has 4 N–H and O–H groups in total. The molecule has 0 spiro atoms. The molecule has 0 unspecified atom stereocenters. The van der Waals surface area contributed by atoms with Crippen molar-refractivity contribution in [2.45, 2.75) is 19.0 Å². The molecule has 1 rings (SSSR count). The Balaban J connectivity index is 2.61. The van der Waals surface area contributed by atoms with Crippen molar-refractivity contribution in [3.05, 3.63) is 29.8 Å². The Morgan fingerprint density at radius 2 is 1.86 bits per heavy atom. The van der Waals surface area contributed by atoms with Crippen molar-refractivity contribution in [2.24, 2.45) is 5.73 Å². The van der Waals surface area contributed by atoms with Crippen molar-refractivity contribution >= 4 is 17.8 Å². The number of nitrogens with two attached hydrogens (primary N) is 1. The fourth-order valence-electron chi connectivity index (χ4n) is 1.45. The molecule has 120 valence electrons. The molecule has 22 heavy (non-hydrogen) atoms. The third-order valence-electron chi connectivity index (χ3n) is 2.73. The predicted octanol–water partition coefficient (Wildman–Crippen LogP) is -0.231. The molecular weight excluding hydrogens is 292 g/mol. The molecule has 8 heteroatoms. The van der Waals surface area contributed by atoms with Gasteiger partial charge in [-0.25, -0.2) is 9.59 Å². The summed E-state index contributed by atoms with van der Waals surface area (Å²) in [6.07, 6.45) is 0. The number of aliphatic carboxylic acids is 1. The Bertz CT molecular complexity index is 541. The van der Waals surface area contributed by atoms with Crippen molar-refractivity contribution in [1.29, 1.82) is 0 Å². The molecule has 0 saturated heterocycles. The summed E-state index contributed by atoms with van der Waals surface area (Å²) in [7, 11) is 1.49. The van der Waals surface area contributed by atoms with E-state index in [2.05, 4.69) is 5.32 Å². The summed E-state index contributed by atoms with van der Waals surface area (Å²) in [6.45, 7) is 0.913. The third kappa shape index (κ3) is 5.06. The van der Waals surface area contributed by atoms with Crippen LogP contribution in [0.5, 0.6) is 5.75 Å². The van der Waals surface area contributed by atoms with Crippen molar-refractivity contribution in [3.8, 4) is 5.75 Å². The minimum absolute atomic E-state index is 0.239. The summed E-state index contributed by atoms with van der Waals surface area (Å²) in [5.41, 5.74) is 5.57. The van der Waals surface area contributed by atoms with E-state index in [9.17, 15) is 14.4 Å². The van der Waals surface area contributed by atoms with Crippen LogP contribution < -0.4 is 15.8 Å². The number of amides is 1. The van der Waals surface area contributed by atoms with Gasteiger partial charge in [-0.1, -0.05) is 0 Å². The van der Waals surface area contributed by atoms with Gasteiger partial charge in [-0.05, 0) is 31.2 Å². The quantitative estimate of drug-likeness (QED) is 0.593. The van der Waals surface area contributed by atoms with Crippen LogP contribution in [0.1, 0.15) is 17.3 Å². The zero-order valence-corrected chi connectivity index (χ0v) is 12.2. The first-order chi connectivity index (χ1) is 10.3. The molecule has 0 fully saturated rings. The van der Waals surface area contributed by atoms with Gasteiger partial charge in [0.05, 0.1) is 18.7 Å². The molecule has 0 saturated carbocycles. The van der Waals surface area contributed by atoms with E-state index in [1.165, 1.54) is 26.2 Å². The highest BCUT2D eigenvalue weighted by atomic mass is 16.5. The number of methoxy groups -OCH3 is 1. The number of carboxylic acids is 1. The standard InChI is InChI=1S/C14H18N2O6/c1-8(15)12(17)16-11(13(18)19)7-22-14(20)9-3-5-10(21-2)6-4-9/h3-6,8,11H,7,15H2,1-2H3,(H,16,17)(H,18,19)/t8-,11+/m1/s1. The maximum atomic E-state index is 11.8. The molecule has 0 aliphatic rings. The van der Waals surface area contributed by atoms with E-state index < -0.39 is 36.5 Å². The van der Waals surface area contributed by atoms with Gasteiger partial charge in [0.2, 0.25) is 5.91 Å². The summed E-state index contributed by atoms with van der Waals surface area (Å²) in [5.74, 6) is -2.10. The number of carboxylic acid groups (broad SMARTS) is 1. The number of carbonyl (C=O) groups excluding carboxylic acids is 2. The Morgan fingerprint density at radius 3 is 2.32 bits per heavy atom. The SMILES string of the molecule is COc1ccc(C(=O)OC[C@H](NC(=O)[C@@H](C)N)C(=O)O)cc1. The van der Waals surface area contributed by atoms with Crippen molar-refractivity contribution in [3.63, 3.8) is 0 Å². The van der Waals surface area contributed by atoms with Crippen LogP contribution in [0.4, 0.5) is 0 Å². The normalized spacial score (nSPS) is 12.9. The van der Waals surface area contributed by atoms with Crippen LogP contribution in [0.2, 0.25) is 0 Å². The van der Waals surface area contributed by atoms with Crippen LogP contribution in [0, 0.1) is 0 Å². The first-order valence-electron chi connectivity index (χ1n) is 6.45. The molecule has 1 amide bonds. The van der Waals surface area contributed by atoms with Gasteiger partial charge in [0.25, 0.3) is 0 Å². The second-order valence-electron chi connectivity index (χ2n) is 4.52. The highest BCUT2D eigenvalue weighted by Gasteiger charge is 2.23. The van der Waals surface area contributed by atoms with Crippen LogP contribution in [0.15, 0.2) is 24.3 Å². The summed E-state index contributed by atoms with van der Waals surface area (Å²) in [5, 5.41) is 11.2. The van der Waals surface area contributed by atoms with Gasteiger partial charge < -0.3 is 25.6 Å². The van der Waals surface area contributed by atoms with E-state index in [1.54, 1.807) is 12.1 Å². The number of benzene rings is 1. The van der Waals surface area contributed by atoms with E-state index in [1.807, 2.05) is 0 Å². The average Bonchev–Trinajstić information content (AvgIpc) is 2.50. The largest absolute Gasteiger partial charge is 0.497 e. The summed E-state index contributed by atoms with van der Waals surface area (Å²) in [4.78, 5) is 34.2. The number of carbonyl (C=O) groups is 3. The minimum Gasteiger partial charge on any atom is -0.497 e. The lowest BCUT2D eigenvalue weighted by molar-refractivity contribution is -0.143. The lowest BCUT2D eigenvalue weighted by atomic mass is 10.2. The summed E-state index contributed by atoms with van der Waals surface area (Å²) in [6, 6.07) is 3.89. The molecule has 2 atom stereocenters. The first kappa shape index (κ1) is 17.4. The lowest BCUT2D eigenvalue weighted by Crippen LogP contribution is -2.49. The summed E-state index contributed by atoms with van der Waals surface area (Å²) >= 11 is 0. The van der Waals surface area contributed by atoms with Crippen LogP contribution in [-0.2, 0) is 14.3 Å². The predicted molar refractivity (Wildman–Crippen MR) is 76.5 cm³/mol. The molecule has 1 aromatic rings. The molecule has 8 nitrogen and oxygen atoms in total. The smallest absolute Gasteiger partial charge is 0.338 e. The van der Waals surface area contributed by atoms with Gasteiger partial charge in [0.1, 0.15) is 12.4 Å². The maximum Gasteiger partial charge on any atom is 0.338 e. The maximum absolute atomic E-state index is 11.8. The zero-order chi connectivity index (χ0) is 16.7. The Hall–Kier alpha value is -2.61. The second-order valence-corrected chi connectivity index (χ2v) is 4.52. The molecule has 0 bridgehead atoms. The third-order valence-corrected chi connectivity index (χ3v) is 2.73. The first-order valence-corrected chi connectivity index (χ1v) is 6.45. The molecule has 0 aliphatic heterocycles. The minimum atomic E-state index is -1.36. The lowest BCUT2D eigenvalue weighted by Gasteiger charge is -2.16. The van der Waals surface area contributed by atoms with E-state index in [4.69, 9.17) is 20.3 Å².